The first-order chi connectivity index (χ1) is 9.69. The van der Waals surface area contributed by atoms with Crippen LogP contribution in [-0.4, -0.2) is 38.5 Å². The third kappa shape index (κ3) is 6.59. The van der Waals surface area contributed by atoms with Gasteiger partial charge in [-0.1, -0.05) is 12.1 Å². The first kappa shape index (κ1) is 17.5. The van der Waals surface area contributed by atoms with Crippen molar-refractivity contribution < 1.29 is 17.9 Å². The maximum absolute atomic E-state index is 12.0. The van der Waals surface area contributed by atoms with Crippen LogP contribution in [0, 0.1) is 0 Å². The molecule has 0 saturated carbocycles. The van der Waals surface area contributed by atoms with Gasteiger partial charge in [-0.2, -0.15) is 0 Å². The number of anilines is 1. The average Bonchev–Trinajstić information content (AvgIpc) is 2.36. The zero-order valence-corrected chi connectivity index (χ0v) is 13.3. The van der Waals surface area contributed by atoms with Crippen LogP contribution in [0.15, 0.2) is 24.3 Å². The van der Waals surface area contributed by atoms with Crippen molar-refractivity contribution in [3.8, 4) is 5.75 Å². The minimum atomic E-state index is -3.13. The summed E-state index contributed by atoms with van der Waals surface area (Å²) in [4.78, 5) is 12.0. The number of benzene rings is 1. The van der Waals surface area contributed by atoms with Gasteiger partial charge in [-0.05, 0) is 32.4 Å². The zero-order chi connectivity index (χ0) is 16.0. The molecule has 0 aromatic heterocycles. The quantitative estimate of drug-likeness (QED) is 0.787. The minimum Gasteiger partial charge on any atom is -0.489 e. The molecular formula is C14H22N2O4S. The van der Waals surface area contributed by atoms with Crippen molar-refractivity contribution in [2.75, 3.05) is 17.3 Å². The molecule has 0 bridgehead atoms. The lowest BCUT2D eigenvalue weighted by molar-refractivity contribution is -0.117. The number of carbonyl (C=O) groups is 1. The van der Waals surface area contributed by atoms with Crippen molar-refractivity contribution in [2.45, 2.75) is 32.4 Å². The fraction of sp³-hybridized carbons (Fsp3) is 0.500. The molecule has 6 nitrogen and oxygen atoms in total. The van der Waals surface area contributed by atoms with E-state index in [2.05, 4.69) is 5.32 Å². The standard InChI is InChI=1S/C14H22N2O4S/c1-10(2)20-13-7-5-4-6-12(13)16-14(17)11(15)8-9-21(3,18)19/h4-7,10-11H,8-9,15H2,1-3H3,(H,16,17). The predicted octanol–water partition coefficient (Wildman–Crippen LogP) is 1.17. The Kier molecular flexibility index (Phi) is 6.17. The van der Waals surface area contributed by atoms with Crippen molar-refractivity contribution in [2.24, 2.45) is 5.73 Å². The molecule has 0 aliphatic rings. The van der Waals surface area contributed by atoms with Crippen molar-refractivity contribution in [3.05, 3.63) is 24.3 Å². The van der Waals surface area contributed by atoms with E-state index in [4.69, 9.17) is 10.5 Å². The molecule has 0 aliphatic carbocycles. The molecule has 0 spiro atoms. The molecule has 0 aliphatic heterocycles. The molecule has 1 rings (SSSR count). The second-order valence-electron chi connectivity index (χ2n) is 5.18. The van der Waals surface area contributed by atoms with Gasteiger partial charge in [0.1, 0.15) is 15.6 Å². The molecule has 21 heavy (non-hydrogen) atoms. The number of amides is 1. The van der Waals surface area contributed by atoms with Crippen LogP contribution >= 0.6 is 0 Å². The molecule has 0 radical (unpaired) electrons. The Bertz CT molecular complexity index is 584. The van der Waals surface area contributed by atoms with Gasteiger partial charge in [0.2, 0.25) is 5.91 Å². The van der Waals surface area contributed by atoms with Crippen LogP contribution < -0.4 is 15.8 Å². The van der Waals surface area contributed by atoms with Gasteiger partial charge < -0.3 is 15.8 Å². The smallest absolute Gasteiger partial charge is 0.241 e. The number of nitrogens with two attached hydrogens (primary N) is 1. The van der Waals surface area contributed by atoms with E-state index in [1.807, 2.05) is 13.8 Å². The summed E-state index contributed by atoms with van der Waals surface area (Å²) in [5.41, 5.74) is 6.23. The molecule has 3 N–H and O–H groups in total. The third-order valence-corrected chi connectivity index (χ3v) is 3.62. The second kappa shape index (κ2) is 7.42. The van der Waals surface area contributed by atoms with Crippen LogP contribution in [0.2, 0.25) is 0 Å². The Morgan fingerprint density at radius 2 is 1.95 bits per heavy atom. The van der Waals surface area contributed by atoms with E-state index in [-0.39, 0.29) is 18.3 Å². The normalized spacial score (nSPS) is 13.0. The molecule has 0 heterocycles. The molecule has 1 aromatic rings. The van der Waals surface area contributed by atoms with E-state index < -0.39 is 21.8 Å². The Balaban J connectivity index is 2.70. The average molecular weight is 314 g/mol. The molecule has 0 saturated heterocycles. The van der Waals surface area contributed by atoms with Crippen molar-refractivity contribution in [1.29, 1.82) is 0 Å². The molecular weight excluding hydrogens is 292 g/mol. The summed E-state index contributed by atoms with van der Waals surface area (Å²) in [6.07, 6.45) is 1.17. The summed E-state index contributed by atoms with van der Waals surface area (Å²) in [6, 6.07) is 6.14. The maximum Gasteiger partial charge on any atom is 0.241 e. The van der Waals surface area contributed by atoms with E-state index in [9.17, 15) is 13.2 Å². The van der Waals surface area contributed by atoms with Crippen molar-refractivity contribution >= 4 is 21.4 Å². The van der Waals surface area contributed by atoms with E-state index >= 15 is 0 Å². The van der Waals surface area contributed by atoms with E-state index in [0.717, 1.165) is 6.26 Å². The molecule has 0 fully saturated rings. The third-order valence-electron chi connectivity index (χ3n) is 2.64. The molecule has 7 heteroatoms. The van der Waals surface area contributed by atoms with Gasteiger partial charge in [0.05, 0.1) is 23.6 Å². The molecule has 1 unspecified atom stereocenters. The summed E-state index contributed by atoms with van der Waals surface area (Å²) >= 11 is 0. The van der Waals surface area contributed by atoms with Gasteiger partial charge in [-0.15, -0.1) is 0 Å². The minimum absolute atomic E-state index is 0.0260. The number of ether oxygens (including phenoxy) is 1. The Morgan fingerprint density at radius 1 is 1.33 bits per heavy atom. The van der Waals surface area contributed by atoms with E-state index in [0.29, 0.717) is 11.4 Å². The fourth-order valence-electron chi connectivity index (χ4n) is 1.62. The Morgan fingerprint density at radius 3 is 2.52 bits per heavy atom. The summed E-state index contributed by atoms with van der Waals surface area (Å²) in [7, 11) is -3.13. The van der Waals surface area contributed by atoms with Crippen LogP contribution in [0.3, 0.4) is 0 Å². The van der Waals surface area contributed by atoms with Gasteiger partial charge in [0.25, 0.3) is 0 Å². The summed E-state index contributed by atoms with van der Waals surface area (Å²) in [5.74, 6) is 0.000700. The lowest BCUT2D eigenvalue weighted by Gasteiger charge is -2.16. The number of rotatable bonds is 7. The van der Waals surface area contributed by atoms with Gasteiger partial charge in [0.15, 0.2) is 0 Å². The summed E-state index contributed by atoms with van der Waals surface area (Å²) in [6.45, 7) is 3.77. The van der Waals surface area contributed by atoms with Gasteiger partial charge in [0, 0.05) is 6.26 Å². The van der Waals surface area contributed by atoms with Gasteiger partial charge in [-0.25, -0.2) is 8.42 Å². The number of nitrogens with one attached hydrogen (secondary N) is 1. The molecule has 118 valence electrons. The number of para-hydroxylation sites is 2. The number of hydrogen-bond donors (Lipinski definition) is 2. The first-order valence-corrected chi connectivity index (χ1v) is 8.75. The number of carbonyl (C=O) groups excluding carboxylic acids is 1. The van der Waals surface area contributed by atoms with Crippen molar-refractivity contribution in [3.63, 3.8) is 0 Å². The van der Waals surface area contributed by atoms with E-state index in [1.165, 1.54) is 0 Å². The second-order valence-corrected chi connectivity index (χ2v) is 7.44. The number of sulfone groups is 1. The van der Waals surface area contributed by atoms with Crippen LogP contribution in [0.5, 0.6) is 5.75 Å². The summed E-state index contributed by atoms with van der Waals surface area (Å²) < 4.78 is 27.8. The molecule has 1 amide bonds. The molecule has 1 aromatic carbocycles. The fourth-order valence-corrected chi connectivity index (χ4v) is 2.31. The van der Waals surface area contributed by atoms with Crippen LogP contribution in [0.1, 0.15) is 20.3 Å². The SMILES string of the molecule is CC(C)Oc1ccccc1NC(=O)C(N)CCS(C)(=O)=O. The van der Waals surface area contributed by atoms with Crippen LogP contribution in [0.4, 0.5) is 5.69 Å². The van der Waals surface area contributed by atoms with E-state index in [1.54, 1.807) is 24.3 Å². The lowest BCUT2D eigenvalue weighted by atomic mass is 10.2. The van der Waals surface area contributed by atoms with Crippen LogP contribution in [-0.2, 0) is 14.6 Å². The Hall–Kier alpha value is -1.60. The van der Waals surface area contributed by atoms with Crippen LogP contribution in [0.25, 0.3) is 0 Å². The highest BCUT2D eigenvalue weighted by molar-refractivity contribution is 7.90. The maximum atomic E-state index is 12.0. The lowest BCUT2D eigenvalue weighted by Crippen LogP contribution is -2.37. The summed E-state index contributed by atoms with van der Waals surface area (Å²) in [5, 5.41) is 2.67. The molecule has 1 atom stereocenters. The number of hydrogen-bond acceptors (Lipinski definition) is 5. The Labute approximate surface area is 125 Å². The zero-order valence-electron chi connectivity index (χ0n) is 12.5. The first-order valence-electron chi connectivity index (χ1n) is 6.69. The highest BCUT2D eigenvalue weighted by Crippen LogP contribution is 2.24. The predicted molar refractivity (Wildman–Crippen MR) is 83.1 cm³/mol. The van der Waals surface area contributed by atoms with Gasteiger partial charge >= 0.3 is 0 Å². The topological polar surface area (TPSA) is 98.5 Å². The highest BCUT2D eigenvalue weighted by Gasteiger charge is 2.17. The van der Waals surface area contributed by atoms with Gasteiger partial charge in [-0.3, -0.25) is 4.79 Å². The van der Waals surface area contributed by atoms with Crippen molar-refractivity contribution in [1.82, 2.24) is 0 Å². The highest BCUT2D eigenvalue weighted by atomic mass is 32.2. The largest absolute Gasteiger partial charge is 0.489 e. The monoisotopic (exact) mass is 314 g/mol.